The molecule has 182 valence electrons. The number of likely N-dealkylation sites (tertiary alicyclic amines) is 1. The van der Waals surface area contributed by atoms with Crippen LogP contribution in [0.5, 0.6) is 0 Å². The highest BCUT2D eigenvalue weighted by Gasteiger charge is 2.53. The van der Waals surface area contributed by atoms with Crippen LogP contribution in [0.15, 0.2) is 48.8 Å². The first-order chi connectivity index (χ1) is 16.4. The molecule has 1 spiro atoms. The van der Waals surface area contributed by atoms with Gasteiger partial charge in [0.15, 0.2) is 0 Å². The standard InChI is InChI=1S/C28H38N4O2/c1-4-5-15-32-26(33)25(18-21(2)3)30-27(34)28(32)12-16-31(17-13-28)20-22-8-10-23(11-9-22)24-7-6-14-29-19-24/h6-11,14,19,21,25H,4-5,12-13,15-18,20H2,1-3H3,(H,30,34). The van der Waals surface area contributed by atoms with Crippen LogP contribution < -0.4 is 5.32 Å². The number of piperazine rings is 1. The van der Waals surface area contributed by atoms with Gasteiger partial charge < -0.3 is 10.2 Å². The number of hydrogen-bond acceptors (Lipinski definition) is 4. The van der Waals surface area contributed by atoms with Gasteiger partial charge in [-0.3, -0.25) is 19.5 Å². The molecule has 34 heavy (non-hydrogen) atoms. The van der Waals surface area contributed by atoms with Gasteiger partial charge in [0.1, 0.15) is 11.6 Å². The van der Waals surface area contributed by atoms with Crippen LogP contribution in [0.2, 0.25) is 0 Å². The summed E-state index contributed by atoms with van der Waals surface area (Å²) in [5.41, 5.74) is 2.84. The van der Waals surface area contributed by atoms with Crippen molar-refractivity contribution in [1.29, 1.82) is 0 Å². The Kier molecular flexibility index (Phi) is 7.67. The Balaban J connectivity index is 1.42. The minimum absolute atomic E-state index is 0.0503. The van der Waals surface area contributed by atoms with E-state index in [1.165, 1.54) is 5.56 Å². The lowest BCUT2D eigenvalue weighted by Gasteiger charge is -2.52. The number of carbonyl (C=O) groups is 2. The van der Waals surface area contributed by atoms with Crippen LogP contribution in [0.1, 0.15) is 58.4 Å². The molecule has 1 unspecified atom stereocenters. The van der Waals surface area contributed by atoms with Crippen molar-refractivity contribution in [3.05, 3.63) is 54.4 Å². The fourth-order valence-electron chi connectivity index (χ4n) is 5.32. The van der Waals surface area contributed by atoms with Gasteiger partial charge in [-0.2, -0.15) is 0 Å². The largest absolute Gasteiger partial charge is 0.342 e. The number of nitrogens with zero attached hydrogens (tertiary/aromatic N) is 3. The summed E-state index contributed by atoms with van der Waals surface area (Å²) >= 11 is 0. The first-order valence-electron chi connectivity index (χ1n) is 12.8. The summed E-state index contributed by atoms with van der Waals surface area (Å²) in [6, 6.07) is 12.3. The predicted molar refractivity (Wildman–Crippen MR) is 135 cm³/mol. The average molecular weight is 463 g/mol. The topological polar surface area (TPSA) is 65.5 Å². The summed E-state index contributed by atoms with van der Waals surface area (Å²) in [5, 5.41) is 3.10. The van der Waals surface area contributed by atoms with E-state index in [4.69, 9.17) is 0 Å². The highest BCUT2D eigenvalue weighted by molar-refractivity contribution is 6.00. The van der Waals surface area contributed by atoms with Crippen molar-refractivity contribution in [2.45, 2.75) is 71.0 Å². The number of amides is 2. The number of carbonyl (C=O) groups excluding carboxylic acids is 2. The number of nitrogens with one attached hydrogen (secondary N) is 1. The smallest absolute Gasteiger partial charge is 0.246 e. The monoisotopic (exact) mass is 462 g/mol. The van der Waals surface area contributed by atoms with Gasteiger partial charge in [0.2, 0.25) is 11.8 Å². The lowest BCUT2D eigenvalue weighted by Crippen LogP contribution is -2.73. The third-order valence-electron chi connectivity index (χ3n) is 7.29. The molecule has 0 radical (unpaired) electrons. The number of benzene rings is 1. The van der Waals surface area contributed by atoms with Crippen LogP contribution in [0.4, 0.5) is 0 Å². The summed E-state index contributed by atoms with van der Waals surface area (Å²) in [5.74, 6) is 0.526. The second kappa shape index (κ2) is 10.7. The minimum Gasteiger partial charge on any atom is -0.342 e. The van der Waals surface area contributed by atoms with E-state index >= 15 is 0 Å². The van der Waals surface area contributed by atoms with E-state index in [1.807, 2.05) is 17.2 Å². The average Bonchev–Trinajstić information content (AvgIpc) is 2.84. The predicted octanol–water partition coefficient (Wildman–Crippen LogP) is 4.26. The van der Waals surface area contributed by atoms with Gasteiger partial charge in [-0.15, -0.1) is 0 Å². The Morgan fingerprint density at radius 1 is 1.09 bits per heavy atom. The lowest BCUT2D eigenvalue weighted by molar-refractivity contribution is -0.161. The SMILES string of the molecule is CCCCN1C(=O)C(CC(C)C)NC(=O)C12CCN(Cc1ccc(-c3cccnc3)cc1)CC2. The Morgan fingerprint density at radius 3 is 2.44 bits per heavy atom. The molecule has 2 amide bonds. The quantitative estimate of drug-likeness (QED) is 0.637. The zero-order valence-electron chi connectivity index (χ0n) is 20.8. The van der Waals surface area contributed by atoms with E-state index in [1.54, 1.807) is 6.20 Å². The van der Waals surface area contributed by atoms with Crippen molar-refractivity contribution in [1.82, 2.24) is 20.1 Å². The van der Waals surface area contributed by atoms with Gasteiger partial charge in [0, 0.05) is 38.6 Å². The van der Waals surface area contributed by atoms with Crippen LogP contribution in [0, 0.1) is 5.92 Å². The molecule has 0 bridgehead atoms. The summed E-state index contributed by atoms with van der Waals surface area (Å²) in [6.45, 7) is 9.47. The van der Waals surface area contributed by atoms with Crippen molar-refractivity contribution < 1.29 is 9.59 Å². The van der Waals surface area contributed by atoms with Crippen molar-refractivity contribution in [2.75, 3.05) is 19.6 Å². The fourth-order valence-corrected chi connectivity index (χ4v) is 5.32. The van der Waals surface area contributed by atoms with Gasteiger partial charge in [-0.1, -0.05) is 57.5 Å². The van der Waals surface area contributed by atoms with Crippen LogP contribution in [0.3, 0.4) is 0 Å². The molecule has 4 rings (SSSR count). The Bertz CT molecular complexity index is 966. The molecule has 2 aliphatic rings. The molecular formula is C28H38N4O2. The maximum Gasteiger partial charge on any atom is 0.246 e. The molecule has 6 heteroatoms. The van der Waals surface area contributed by atoms with E-state index in [-0.39, 0.29) is 17.9 Å². The van der Waals surface area contributed by atoms with Gasteiger partial charge in [0.05, 0.1) is 0 Å². The first kappa shape index (κ1) is 24.4. The molecule has 2 aromatic rings. The molecule has 1 aromatic heterocycles. The van der Waals surface area contributed by atoms with E-state index < -0.39 is 5.54 Å². The molecule has 2 saturated heterocycles. The van der Waals surface area contributed by atoms with E-state index in [2.05, 4.69) is 66.3 Å². The lowest BCUT2D eigenvalue weighted by atomic mass is 9.80. The van der Waals surface area contributed by atoms with Crippen molar-refractivity contribution in [3.63, 3.8) is 0 Å². The fraction of sp³-hybridized carbons (Fsp3) is 0.536. The Morgan fingerprint density at radius 2 is 1.82 bits per heavy atom. The molecule has 1 atom stereocenters. The third kappa shape index (κ3) is 5.17. The van der Waals surface area contributed by atoms with Gasteiger partial charge in [-0.25, -0.2) is 0 Å². The molecule has 2 aliphatic heterocycles. The van der Waals surface area contributed by atoms with Gasteiger partial charge >= 0.3 is 0 Å². The second-order valence-electron chi connectivity index (χ2n) is 10.2. The van der Waals surface area contributed by atoms with Crippen LogP contribution in [0.25, 0.3) is 11.1 Å². The van der Waals surface area contributed by atoms with Crippen LogP contribution >= 0.6 is 0 Å². The van der Waals surface area contributed by atoms with Crippen molar-refractivity contribution in [2.24, 2.45) is 5.92 Å². The number of pyridine rings is 1. The van der Waals surface area contributed by atoms with E-state index in [9.17, 15) is 9.59 Å². The number of aromatic nitrogens is 1. The third-order valence-corrected chi connectivity index (χ3v) is 7.29. The molecule has 1 aromatic carbocycles. The molecule has 6 nitrogen and oxygen atoms in total. The van der Waals surface area contributed by atoms with E-state index in [0.29, 0.717) is 31.7 Å². The summed E-state index contributed by atoms with van der Waals surface area (Å²) in [7, 11) is 0. The number of piperidine rings is 1. The highest BCUT2D eigenvalue weighted by atomic mass is 16.2. The second-order valence-corrected chi connectivity index (χ2v) is 10.2. The zero-order valence-corrected chi connectivity index (χ0v) is 20.8. The zero-order chi connectivity index (χ0) is 24.1. The Hall–Kier alpha value is -2.73. The number of hydrogen-bond donors (Lipinski definition) is 1. The first-order valence-corrected chi connectivity index (χ1v) is 12.8. The number of unbranched alkanes of at least 4 members (excludes halogenated alkanes) is 1. The highest BCUT2D eigenvalue weighted by Crippen LogP contribution is 2.34. The molecule has 3 heterocycles. The summed E-state index contributed by atoms with van der Waals surface area (Å²) in [6.07, 6.45) is 7.69. The normalized spacial score (nSPS) is 20.7. The van der Waals surface area contributed by atoms with Crippen molar-refractivity contribution in [3.8, 4) is 11.1 Å². The molecule has 0 saturated carbocycles. The van der Waals surface area contributed by atoms with Gasteiger partial charge in [0.25, 0.3) is 0 Å². The molecule has 0 aliphatic carbocycles. The molecule has 1 N–H and O–H groups in total. The Labute approximate surface area is 203 Å². The van der Waals surface area contributed by atoms with Crippen molar-refractivity contribution >= 4 is 11.8 Å². The van der Waals surface area contributed by atoms with E-state index in [0.717, 1.165) is 43.6 Å². The molecule has 2 fully saturated rings. The molecular weight excluding hydrogens is 424 g/mol. The van der Waals surface area contributed by atoms with Crippen LogP contribution in [-0.2, 0) is 16.1 Å². The number of rotatable bonds is 8. The maximum atomic E-state index is 13.4. The van der Waals surface area contributed by atoms with Crippen LogP contribution in [-0.4, -0.2) is 57.8 Å². The summed E-state index contributed by atoms with van der Waals surface area (Å²) < 4.78 is 0. The summed E-state index contributed by atoms with van der Waals surface area (Å²) in [4.78, 5) is 35.3. The van der Waals surface area contributed by atoms with Gasteiger partial charge in [-0.05, 0) is 54.4 Å². The minimum atomic E-state index is -0.694. The maximum absolute atomic E-state index is 13.4.